The van der Waals surface area contributed by atoms with Gasteiger partial charge in [-0.25, -0.2) is 0 Å². The largest absolute Gasteiger partial charge is 0.0625 e. The van der Waals surface area contributed by atoms with Crippen molar-refractivity contribution in [3.05, 3.63) is 0 Å². The molecule has 0 aliphatic heterocycles. The fraction of sp³-hybridized carbons (Fsp3) is 1.00. The second kappa shape index (κ2) is 12.7. The number of hydrogen-bond acceptors (Lipinski definition) is 0. The molecule has 8 fully saturated rings. The minimum Gasteiger partial charge on any atom is -0.0625 e. The molecule has 12 atom stereocenters. The highest BCUT2D eigenvalue weighted by molar-refractivity contribution is 5.09. The first-order valence-corrected chi connectivity index (χ1v) is 20.7. The Bertz CT molecular complexity index is 768. The third kappa shape index (κ3) is 5.22. The van der Waals surface area contributed by atoms with Crippen molar-refractivity contribution in [3.8, 4) is 0 Å². The number of fused-ring (bicyclic) bond motifs is 4. The maximum Gasteiger partial charge on any atom is -0.0318 e. The van der Waals surface area contributed by atoms with E-state index >= 15 is 0 Å². The predicted octanol–water partition coefficient (Wildman–Crippen LogP) is 12.4. The van der Waals surface area contributed by atoms with Gasteiger partial charge < -0.3 is 0 Å². The van der Waals surface area contributed by atoms with Gasteiger partial charge in [0.1, 0.15) is 0 Å². The van der Waals surface area contributed by atoms with Crippen LogP contribution in [0, 0.1) is 94.7 Å². The SMILES string of the molecule is CC1CCCC(C2C3CCCCC3C(C3C4CCCCC4C(C4CCCC(C)C4)C4CCCCC43)C3CCCCC32)C1. The molecule has 42 heavy (non-hydrogen) atoms. The quantitative estimate of drug-likeness (QED) is 0.314. The van der Waals surface area contributed by atoms with Crippen LogP contribution >= 0.6 is 0 Å². The van der Waals surface area contributed by atoms with E-state index < -0.39 is 0 Å². The van der Waals surface area contributed by atoms with Crippen LogP contribution in [0.25, 0.3) is 0 Å². The van der Waals surface area contributed by atoms with E-state index in [1.54, 1.807) is 141 Å². The van der Waals surface area contributed by atoms with Gasteiger partial charge in [-0.05, 0) is 159 Å². The van der Waals surface area contributed by atoms with Crippen molar-refractivity contribution in [1.82, 2.24) is 0 Å². The van der Waals surface area contributed by atoms with Gasteiger partial charge in [-0.3, -0.25) is 0 Å². The van der Waals surface area contributed by atoms with E-state index in [2.05, 4.69) is 13.8 Å². The van der Waals surface area contributed by atoms with E-state index in [4.69, 9.17) is 0 Å². The van der Waals surface area contributed by atoms with Crippen molar-refractivity contribution in [2.75, 3.05) is 0 Å². The molecule has 0 amide bonds. The number of rotatable bonds is 3. The molecule has 0 N–H and O–H groups in total. The first-order valence-electron chi connectivity index (χ1n) is 20.7. The molecule has 0 saturated heterocycles. The summed E-state index contributed by atoms with van der Waals surface area (Å²) in [6.07, 6.45) is 38.3. The molecule has 0 heterocycles. The van der Waals surface area contributed by atoms with Crippen LogP contribution in [0.3, 0.4) is 0 Å². The Balaban J connectivity index is 1.17. The lowest BCUT2D eigenvalue weighted by atomic mass is 9.39. The van der Waals surface area contributed by atoms with Crippen molar-refractivity contribution in [1.29, 1.82) is 0 Å². The second-order valence-electron chi connectivity index (χ2n) is 18.8. The molecule has 0 bridgehead atoms. The van der Waals surface area contributed by atoms with Gasteiger partial charge in [0, 0.05) is 0 Å². The average Bonchev–Trinajstić information content (AvgIpc) is 3.02. The Morgan fingerprint density at radius 2 is 0.524 bits per heavy atom. The summed E-state index contributed by atoms with van der Waals surface area (Å²) < 4.78 is 0. The predicted molar refractivity (Wildman–Crippen MR) is 178 cm³/mol. The standard InChI is InChI=1S/C42H70/c1-27-13-11-15-29(25-27)39-31-17-3-7-21-35(31)41(36-22-8-4-18-32(36)39)42-37-23-9-5-19-33(37)40(30-16-12-14-28(2)26-30)34-20-6-10-24-38(34)42/h27-42H,3-26H2,1-2H3. The van der Waals surface area contributed by atoms with Gasteiger partial charge in [0.15, 0.2) is 0 Å². The van der Waals surface area contributed by atoms with Crippen LogP contribution in [0.2, 0.25) is 0 Å². The van der Waals surface area contributed by atoms with Crippen molar-refractivity contribution >= 4 is 0 Å². The first kappa shape index (κ1) is 29.4. The van der Waals surface area contributed by atoms with E-state index in [9.17, 15) is 0 Å². The Kier molecular flexibility index (Phi) is 8.86. The van der Waals surface area contributed by atoms with E-state index in [1.807, 2.05) is 0 Å². The zero-order chi connectivity index (χ0) is 28.2. The minimum atomic E-state index is 1.01. The Hall–Kier alpha value is 0. The van der Waals surface area contributed by atoms with Gasteiger partial charge in [0.25, 0.3) is 0 Å². The van der Waals surface area contributed by atoms with Crippen molar-refractivity contribution < 1.29 is 0 Å². The van der Waals surface area contributed by atoms with Gasteiger partial charge in [-0.1, -0.05) is 104 Å². The van der Waals surface area contributed by atoms with Crippen LogP contribution in [0.1, 0.15) is 168 Å². The molecule has 8 rings (SSSR count). The van der Waals surface area contributed by atoms with Gasteiger partial charge in [0.05, 0.1) is 0 Å². The Morgan fingerprint density at radius 1 is 0.262 bits per heavy atom. The lowest BCUT2D eigenvalue weighted by molar-refractivity contribution is -0.174. The molecule has 0 aromatic heterocycles. The van der Waals surface area contributed by atoms with Crippen molar-refractivity contribution in [2.24, 2.45) is 94.7 Å². The summed E-state index contributed by atoms with van der Waals surface area (Å²) in [5.41, 5.74) is 0. The molecule has 0 aromatic rings. The summed E-state index contributed by atoms with van der Waals surface area (Å²) in [5, 5.41) is 0. The van der Waals surface area contributed by atoms with Gasteiger partial charge in [-0.2, -0.15) is 0 Å². The lowest BCUT2D eigenvalue weighted by Gasteiger charge is -2.66. The third-order valence-electron chi connectivity index (χ3n) is 16.9. The molecule has 0 nitrogen and oxygen atoms in total. The molecule has 8 aliphatic carbocycles. The van der Waals surface area contributed by atoms with Gasteiger partial charge in [-0.15, -0.1) is 0 Å². The normalized spacial score (nSPS) is 55.0. The summed E-state index contributed by atoms with van der Waals surface area (Å²) in [4.78, 5) is 0. The van der Waals surface area contributed by atoms with Crippen LogP contribution in [0.4, 0.5) is 0 Å². The third-order valence-corrected chi connectivity index (χ3v) is 16.9. The number of hydrogen-bond donors (Lipinski definition) is 0. The first-order chi connectivity index (χ1) is 20.7. The summed E-state index contributed by atoms with van der Waals surface area (Å²) in [6.45, 7) is 5.23. The topological polar surface area (TPSA) is 0 Å². The summed E-state index contributed by atoms with van der Waals surface area (Å²) in [6, 6.07) is 0. The maximum atomic E-state index is 2.62. The Labute approximate surface area is 262 Å². The van der Waals surface area contributed by atoms with E-state index in [0.717, 1.165) is 94.7 Å². The van der Waals surface area contributed by atoms with Crippen LogP contribution in [-0.4, -0.2) is 0 Å². The molecule has 12 unspecified atom stereocenters. The second-order valence-corrected chi connectivity index (χ2v) is 18.8. The van der Waals surface area contributed by atoms with Crippen LogP contribution < -0.4 is 0 Å². The van der Waals surface area contributed by atoms with Crippen molar-refractivity contribution in [2.45, 2.75) is 168 Å². The molecule has 0 heteroatoms. The maximum absolute atomic E-state index is 2.62. The highest BCUT2D eigenvalue weighted by Gasteiger charge is 2.61. The fourth-order valence-corrected chi connectivity index (χ4v) is 16.0. The molecule has 8 saturated carbocycles. The molecule has 8 aliphatic rings. The molecular weight excluding hydrogens is 504 g/mol. The molecule has 0 aromatic carbocycles. The lowest BCUT2D eigenvalue weighted by Crippen LogP contribution is -2.59. The highest BCUT2D eigenvalue weighted by Crippen LogP contribution is 2.68. The zero-order valence-corrected chi connectivity index (χ0v) is 28.2. The summed E-state index contributed by atoms with van der Waals surface area (Å²) in [7, 11) is 0. The minimum absolute atomic E-state index is 1.01. The monoisotopic (exact) mass is 575 g/mol. The Morgan fingerprint density at radius 3 is 0.786 bits per heavy atom. The fourth-order valence-electron chi connectivity index (χ4n) is 16.0. The smallest absolute Gasteiger partial charge is 0.0318 e. The summed E-state index contributed by atoms with van der Waals surface area (Å²) in [5.74, 6) is 17.8. The van der Waals surface area contributed by atoms with Crippen molar-refractivity contribution in [3.63, 3.8) is 0 Å². The molecule has 0 radical (unpaired) electrons. The summed E-state index contributed by atoms with van der Waals surface area (Å²) >= 11 is 0. The van der Waals surface area contributed by atoms with Crippen LogP contribution in [0.5, 0.6) is 0 Å². The van der Waals surface area contributed by atoms with Gasteiger partial charge >= 0.3 is 0 Å². The molecule has 0 spiro atoms. The average molecular weight is 575 g/mol. The highest BCUT2D eigenvalue weighted by atomic mass is 14.7. The van der Waals surface area contributed by atoms with Gasteiger partial charge in [0.2, 0.25) is 0 Å². The zero-order valence-electron chi connectivity index (χ0n) is 28.2. The molecule has 238 valence electrons. The van der Waals surface area contributed by atoms with E-state index in [0.29, 0.717) is 0 Å². The van der Waals surface area contributed by atoms with Crippen LogP contribution in [0.15, 0.2) is 0 Å². The van der Waals surface area contributed by atoms with E-state index in [-0.39, 0.29) is 0 Å². The van der Waals surface area contributed by atoms with Crippen LogP contribution in [-0.2, 0) is 0 Å². The van der Waals surface area contributed by atoms with E-state index in [1.165, 1.54) is 12.8 Å². The molecular formula is C42H70.